The SMILES string of the molecule is Cc1oc(=O)oc1Cc1cc([N+](=O)[O-])ccc1OC(=O)Oc1ccc([N+](=O)[O-])cc1Cc1oc(=O)oc1C. The largest absolute Gasteiger partial charge is 0.519 e. The van der Waals surface area contributed by atoms with Crippen molar-refractivity contribution >= 4 is 17.5 Å². The highest BCUT2D eigenvalue weighted by Gasteiger charge is 2.22. The van der Waals surface area contributed by atoms with Gasteiger partial charge in [0.05, 0.1) is 9.85 Å². The van der Waals surface area contributed by atoms with Crippen molar-refractivity contribution in [3.05, 3.63) is 112 Å². The van der Waals surface area contributed by atoms with Gasteiger partial charge in [0.15, 0.2) is 11.5 Å². The molecule has 0 fully saturated rings. The fourth-order valence-corrected chi connectivity index (χ4v) is 3.45. The van der Waals surface area contributed by atoms with E-state index in [-0.39, 0.29) is 69.9 Å². The number of carbonyl (C=O) groups is 1. The first kappa shape index (κ1) is 25.6. The minimum Gasteiger partial charge on any atom is -0.396 e. The zero-order valence-electron chi connectivity index (χ0n) is 19.6. The molecule has 2 aromatic heterocycles. The van der Waals surface area contributed by atoms with Crippen LogP contribution in [0.5, 0.6) is 11.5 Å². The molecule has 4 rings (SSSR count). The van der Waals surface area contributed by atoms with Gasteiger partial charge in [-0.15, -0.1) is 0 Å². The molecule has 0 radical (unpaired) electrons. The van der Waals surface area contributed by atoms with Gasteiger partial charge in [0.1, 0.15) is 23.0 Å². The Bertz CT molecular complexity index is 1550. The molecule has 0 spiro atoms. The van der Waals surface area contributed by atoms with Crippen LogP contribution in [0.2, 0.25) is 0 Å². The van der Waals surface area contributed by atoms with Crippen LogP contribution < -0.4 is 21.1 Å². The van der Waals surface area contributed by atoms with Crippen LogP contribution in [0.25, 0.3) is 0 Å². The molecule has 0 aliphatic carbocycles. The molecule has 0 saturated carbocycles. The first-order chi connectivity index (χ1) is 18.0. The van der Waals surface area contributed by atoms with Crippen molar-refractivity contribution in [2.75, 3.05) is 0 Å². The van der Waals surface area contributed by atoms with Gasteiger partial charge >= 0.3 is 17.8 Å². The van der Waals surface area contributed by atoms with Crippen LogP contribution in [0.3, 0.4) is 0 Å². The quantitative estimate of drug-likeness (QED) is 0.137. The molecule has 15 nitrogen and oxygen atoms in total. The van der Waals surface area contributed by atoms with E-state index in [4.69, 9.17) is 27.1 Å². The number of nitrogens with zero attached hydrogens (tertiary/aromatic N) is 2. The number of hydrogen-bond acceptors (Lipinski definition) is 13. The summed E-state index contributed by atoms with van der Waals surface area (Å²) in [6, 6.07) is 6.73. The lowest BCUT2D eigenvalue weighted by atomic mass is 10.1. The van der Waals surface area contributed by atoms with Crippen molar-refractivity contribution in [1.82, 2.24) is 0 Å². The van der Waals surface area contributed by atoms with E-state index < -0.39 is 27.6 Å². The highest BCUT2D eigenvalue weighted by molar-refractivity contribution is 5.69. The van der Waals surface area contributed by atoms with Crippen molar-refractivity contribution in [2.45, 2.75) is 26.7 Å². The van der Waals surface area contributed by atoms with Crippen LogP contribution in [0.4, 0.5) is 16.2 Å². The lowest BCUT2D eigenvalue weighted by Gasteiger charge is -2.12. The number of nitro groups is 2. The van der Waals surface area contributed by atoms with Crippen LogP contribution in [0.1, 0.15) is 34.2 Å². The van der Waals surface area contributed by atoms with Crippen LogP contribution in [-0.2, 0) is 12.8 Å². The van der Waals surface area contributed by atoms with E-state index in [2.05, 4.69) is 0 Å². The third kappa shape index (κ3) is 5.67. The van der Waals surface area contributed by atoms with E-state index in [9.17, 15) is 34.6 Å². The maximum absolute atomic E-state index is 12.7. The van der Waals surface area contributed by atoms with E-state index in [1.165, 1.54) is 13.8 Å². The normalized spacial score (nSPS) is 10.8. The fraction of sp³-hybridized carbons (Fsp3) is 0.174. The number of non-ortho nitro benzene ring substituents is 2. The zero-order valence-corrected chi connectivity index (χ0v) is 19.6. The molecule has 0 saturated heterocycles. The van der Waals surface area contributed by atoms with Crippen molar-refractivity contribution in [3.8, 4) is 11.5 Å². The van der Waals surface area contributed by atoms with Gasteiger partial charge in [-0.2, -0.15) is 0 Å². The summed E-state index contributed by atoms with van der Waals surface area (Å²) >= 11 is 0. The Morgan fingerprint density at radius 3 is 1.45 bits per heavy atom. The van der Waals surface area contributed by atoms with Gasteiger partial charge in [-0.1, -0.05) is 0 Å². The molecule has 0 aliphatic rings. The number of carbonyl (C=O) groups excluding carboxylic acids is 1. The number of rotatable bonds is 8. The molecule has 0 N–H and O–H groups in total. The number of ether oxygens (including phenoxy) is 2. The molecule has 0 atom stereocenters. The summed E-state index contributed by atoms with van der Waals surface area (Å²) in [7, 11) is 0. The molecule has 2 aromatic carbocycles. The second kappa shape index (κ2) is 10.3. The Morgan fingerprint density at radius 2 is 1.13 bits per heavy atom. The van der Waals surface area contributed by atoms with Crippen molar-refractivity contribution in [1.29, 1.82) is 0 Å². The molecule has 4 aromatic rings. The molecule has 0 bridgehead atoms. The zero-order chi connectivity index (χ0) is 27.6. The number of benzene rings is 2. The molecule has 15 heteroatoms. The average Bonchev–Trinajstić information content (AvgIpc) is 3.33. The van der Waals surface area contributed by atoms with Gasteiger partial charge in [0, 0.05) is 48.2 Å². The maximum atomic E-state index is 12.7. The predicted octanol–water partition coefficient (Wildman–Crippen LogP) is 3.97. The second-order valence-electron chi connectivity index (χ2n) is 7.77. The number of hydrogen-bond donors (Lipinski definition) is 0. The van der Waals surface area contributed by atoms with Gasteiger partial charge in [-0.05, 0) is 26.0 Å². The Morgan fingerprint density at radius 1 is 0.737 bits per heavy atom. The lowest BCUT2D eigenvalue weighted by Crippen LogP contribution is -2.16. The summed E-state index contributed by atoms with van der Waals surface area (Å²) < 4.78 is 30.0. The smallest absolute Gasteiger partial charge is 0.396 e. The molecular formula is C23H16N2O13. The van der Waals surface area contributed by atoms with Gasteiger partial charge in [-0.25, -0.2) is 14.4 Å². The molecule has 38 heavy (non-hydrogen) atoms. The molecule has 0 unspecified atom stereocenters. The van der Waals surface area contributed by atoms with E-state index in [0.717, 1.165) is 36.4 Å². The van der Waals surface area contributed by atoms with Gasteiger partial charge in [0.2, 0.25) is 0 Å². The second-order valence-corrected chi connectivity index (χ2v) is 7.77. The fourth-order valence-electron chi connectivity index (χ4n) is 3.45. The predicted molar refractivity (Wildman–Crippen MR) is 122 cm³/mol. The van der Waals surface area contributed by atoms with Crippen LogP contribution in [0.15, 0.2) is 63.7 Å². The van der Waals surface area contributed by atoms with E-state index in [0.29, 0.717) is 0 Å². The van der Waals surface area contributed by atoms with Gasteiger partial charge in [-0.3, -0.25) is 20.2 Å². The number of nitro benzene ring substituents is 2. The van der Waals surface area contributed by atoms with E-state index >= 15 is 0 Å². The lowest BCUT2D eigenvalue weighted by molar-refractivity contribution is -0.385. The minimum absolute atomic E-state index is 0.0587. The minimum atomic E-state index is -1.29. The molecular weight excluding hydrogens is 512 g/mol. The Labute approximate surface area is 210 Å². The monoisotopic (exact) mass is 528 g/mol. The molecule has 0 aliphatic heterocycles. The summed E-state index contributed by atoms with van der Waals surface area (Å²) in [5, 5.41) is 22.5. The molecule has 0 amide bonds. The third-order valence-corrected chi connectivity index (χ3v) is 5.27. The van der Waals surface area contributed by atoms with Crippen LogP contribution in [-0.4, -0.2) is 16.0 Å². The molecule has 2 heterocycles. The topological polar surface area (TPSA) is 209 Å². The van der Waals surface area contributed by atoms with Crippen molar-refractivity contribution in [2.24, 2.45) is 0 Å². The third-order valence-electron chi connectivity index (χ3n) is 5.27. The summed E-state index contributed by atoms with van der Waals surface area (Å²) in [6.45, 7) is 2.90. The highest BCUT2D eigenvalue weighted by Crippen LogP contribution is 2.30. The summed E-state index contributed by atoms with van der Waals surface area (Å²) in [4.78, 5) is 56.6. The Balaban J connectivity index is 1.62. The van der Waals surface area contributed by atoms with Crippen molar-refractivity contribution in [3.63, 3.8) is 0 Å². The highest BCUT2D eigenvalue weighted by atomic mass is 16.7. The van der Waals surface area contributed by atoms with E-state index in [1.54, 1.807) is 0 Å². The summed E-state index contributed by atoms with van der Waals surface area (Å²) in [6.07, 6.45) is -1.67. The van der Waals surface area contributed by atoms with Crippen LogP contribution >= 0.6 is 0 Å². The number of aryl methyl sites for hydroxylation is 2. The summed E-state index contributed by atoms with van der Waals surface area (Å²) in [5.41, 5.74) is -0.440. The maximum Gasteiger partial charge on any atom is 0.519 e. The Kier molecular flexibility index (Phi) is 6.91. The first-order valence-electron chi connectivity index (χ1n) is 10.6. The molecule has 196 valence electrons. The standard InChI is InChI=1S/C23H16N2O13/c1-11-19(37-21(26)33-11)9-13-7-15(24(29)30)3-5-17(13)35-23(28)36-18-6-4-16(25(31)32)8-14(18)10-20-12(2)34-22(27)38-20/h3-8H,9-10H2,1-2H3. The average molecular weight is 528 g/mol. The first-order valence-corrected chi connectivity index (χ1v) is 10.6. The van der Waals surface area contributed by atoms with Gasteiger partial charge < -0.3 is 27.1 Å². The van der Waals surface area contributed by atoms with E-state index in [1.807, 2.05) is 0 Å². The van der Waals surface area contributed by atoms with Crippen LogP contribution in [0, 0.1) is 34.1 Å². The van der Waals surface area contributed by atoms with Gasteiger partial charge in [0.25, 0.3) is 11.4 Å². The Hall–Kier alpha value is -5.47. The van der Waals surface area contributed by atoms with Crippen molar-refractivity contribution < 1.29 is 41.8 Å². The summed E-state index contributed by atoms with van der Waals surface area (Å²) in [5.74, 6) is -1.86.